The van der Waals surface area contributed by atoms with Crippen LogP contribution in [0.5, 0.6) is 0 Å². The van der Waals surface area contributed by atoms with Gasteiger partial charge in [0, 0.05) is 0 Å². The van der Waals surface area contributed by atoms with Crippen molar-refractivity contribution >= 4 is 40.1 Å². The fourth-order valence-corrected chi connectivity index (χ4v) is 6.77. The predicted molar refractivity (Wildman–Crippen MR) is 124 cm³/mol. The second kappa shape index (κ2) is 10.8. The second-order valence-corrected chi connectivity index (χ2v) is 10.3. The first-order valence-corrected chi connectivity index (χ1v) is 11.6. The molecule has 0 atom stereocenters. The van der Waals surface area contributed by atoms with Crippen molar-refractivity contribution in [3.05, 3.63) is 70.8 Å². The maximum Gasteiger partial charge on any atom is 4.00 e. The minimum atomic E-state index is -0.300. The summed E-state index contributed by atoms with van der Waals surface area (Å²) in [6, 6.07) is 19.0. The Bertz CT molecular complexity index is 959. The molecule has 0 bridgehead atoms. The molecule has 0 fully saturated rings. The van der Waals surface area contributed by atoms with Gasteiger partial charge in [0.05, 0.1) is 0 Å². The Kier molecular flexibility index (Phi) is 9.62. The molecule has 0 spiro atoms. The molecule has 0 nitrogen and oxygen atoms in total. The van der Waals surface area contributed by atoms with Crippen molar-refractivity contribution in [1.29, 1.82) is 0 Å². The fourth-order valence-electron chi connectivity index (χ4n) is 4.19. The van der Waals surface area contributed by atoms with Gasteiger partial charge in [-0.3, -0.25) is 0 Å². The van der Waals surface area contributed by atoms with Crippen molar-refractivity contribution in [2.45, 2.75) is 47.5 Å². The first kappa shape index (κ1) is 26.7. The van der Waals surface area contributed by atoms with Gasteiger partial charge in [-0.2, -0.15) is 12.1 Å². The number of unbranched alkanes of at least 4 members (excludes halogenated alkanes) is 1. The molecule has 0 unspecified atom stereocenters. The first-order chi connectivity index (χ1) is 13.0. The van der Waals surface area contributed by atoms with Crippen LogP contribution in [0.15, 0.2) is 48.5 Å². The van der Waals surface area contributed by atoms with Crippen LogP contribution in [-0.2, 0) is 21.7 Å². The monoisotopic (exact) mass is 458 g/mol. The Morgan fingerprint density at radius 2 is 1.10 bits per heavy atom. The van der Waals surface area contributed by atoms with Gasteiger partial charge >= 0.3 is 21.7 Å². The minimum Gasteiger partial charge on any atom is -1.00 e. The summed E-state index contributed by atoms with van der Waals surface area (Å²) in [4.78, 5) is 0. The number of hydrogen-bond donors (Lipinski definition) is 0. The van der Waals surface area contributed by atoms with Crippen LogP contribution in [0.4, 0.5) is 0 Å². The Morgan fingerprint density at radius 1 is 0.700 bits per heavy atom. The molecule has 0 aliphatic heterocycles. The van der Waals surface area contributed by atoms with E-state index in [1.807, 2.05) is 0 Å². The molecule has 0 aliphatic rings. The molecule has 156 valence electrons. The summed E-state index contributed by atoms with van der Waals surface area (Å²) in [7, 11) is -0.300. The van der Waals surface area contributed by atoms with Crippen LogP contribution in [0.1, 0.15) is 42.0 Å². The van der Waals surface area contributed by atoms with E-state index in [2.05, 4.69) is 83.1 Å². The van der Waals surface area contributed by atoms with Gasteiger partial charge in [-0.1, -0.05) is 58.4 Å². The van der Waals surface area contributed by atoms with Gasteiger partial charge in [-0.25, -0.2) is 0 Å². The van der Waals surface area contributed by atoms with Crippen LogP contribution in [0.2, 0.25) is 0 Å². The van der Waals surface area contributed by atoms with Gasteiger partial charge < -0.3 is 9.41 Å². The largest absolute Gasteiger partial charge is 4.00 e. The molecular formula is C26H29F2PTi. The molecule has 0 heterocycles. The molecule has 4 rings (SSSR count). The topological polar surface area (TPSA) is 0 Å². The van der Waals surface area contributed by atoms with E-state index < -0.39 is 0 Å². The number of rotatable bonds is 5. The van der Waals surface area contributed by atoms with Crippen LogP contribution in [0, 0.1) is 27.7 Å². The molecule has 0 aromatic heterocycles. The molecule has 4 heteroatoms. The summed E-state index contributed by atoms with van der Waals surface area (Å²) in [6.45, 7) is 11.3. The molecule has 30 heavy (non-hydrogen) atoms. The van der Waals surface area contributed by atoms with Crippen molar-refractivity contribution in [2.75, 3.05) is 6.16 Å². The van der Waals surface area contributed by atoms with E-state index in [4.69, 9.17) is 0 Å². The maximum atomic E-state index is 2.48. The predicted octanol–water partition coefficient (Wildman–Crippen LogP) is 0.903. The van der Waals surface area contributed by atoms with Crippen molar-refractivity contribution in [3.8, 4) is 0 Å². The van der Waals surface area contributed by atoms with Gasteiger partial charge in [-0.15, -0.1) is 67.5 Å². The van der Waals surface area contributed by atoms with Crippen molar-refractivity contribution in [2.24, 2.45) is 0 Å². The number of benzene rings is 2. The second-order valence-electron chi connectivity index (χ2n) is 7.99. The van der Waals surface area contributed by atoms with E-state index in [-0.39, 0.29) is 39.0 Å². The number of halogens is 2. The molecular weight excluding hydrogens is 429 g/mol. The summed E-state index contributed by atoms with van der Waals surface area (Å²) in [6.07, 6.45) is 3.84. The van der Waals surface area contributed by atoms with Crippen LogP contribution >= 0.6 is 7.92 Å². The van der Waals surface area contributed by atoms with E-state index in [1.165, 1.54) is 62.8 Å². The summed E-state index contributed by atoms with van der Waals surface area (Å²) < 4.78 is 0. The third kappa shape index (κ3) is 4.77. The minimum absolute atomic E-state index is 0. The smallest absolute Gasteiger partial charge is 1.00 e. The number of aryl methyl sites for hydroxylation is 4. The Hall–Kier alpha value is -1.34. The van der Waals surface area contributed by atoms with Crippen molar-refractivity contribution < 1.29 is 31.1 Å². The van der Waals surface area contributed by atoms with E-state index >= 15 is 0 Å². The van der Waals surface area contributed by atoms with Gasteiger partial charge in [0.1, 0.15) is 0 Å². The molecule has 0 aliphatic carbocycles. The van der Waals surface area contributed by atoms with Gasteiger partial charge in [-0.05, 0) is 26.4 Å². The van der Waals surface area contributed by atoms with Gasteiger partial charge in [0.2, 0.25) is 0 Å². The number of hydrogen-bond acceptors (Lipinski definition) is 0. The van der Waals surface area contributed by atoms with Gasteiger partial charge in [0.15, 0.2) is 0 Å². The molecule has 0 amide bonds. The summed E-state index contributed by atoms with van der Waals surface area (Å²) >= 11 is 0. The van der Waals surface area contributed by atoms with E-state index in [0.29, 0.717) is 0 Å². The van der Waals surface area contributed by atoms with E-state index in [1.54, 1.807) is 10.6 Å². The first-order valence-electron chi connectivity index (χ1n) is 10.1. The SMILES string of the molecule is CCCCP(c1cc2c(C)ccc(C)c2[cH-]1)c1cc2c(C)ccc(C)c2[cH-]1.[F-].[F-].[Ti+4]. The molecule has 4 aromatic carbocycles. The summed E-state index contributed by atoms with van der Waals surface area (Å²) in [5.41, 5.74) is 5.58. The third-order valence-corrected chi connectivity index (χ3v) is 8.50. The molecule has 4 aromatic rings. The Labute approximate surface area is 195 Å². The van der Waals surface area contributed by atoms with E-state index in [0.717, 1.165) is 0 Å². The average molecular weight is 458 g/mol. The van der Waals surface area contributed by atoms with Crippen LogP contribution < -0.4 is 20.0 Å². The molecule has 0 saturated carbocycles. The standard InChI is InChI=1S/C26H29P.2FH.Ti/c1-6-7-12-27(21-13-23-17(2)8-9-18(3)24(23)14-21)22-15-25-19(4)10-11-20(5)26(25)16-22;;;/h8-11,13-16H,6-7,12H2,1-5H3;2*1H;/q-2;;;+4/p-2. The summed E-state index contributed by atoms with van der Waals surface area (Å²) in [5.74, 6) is 0. The van der Waals surface area contributed by atoms with Crippen molar-refractivity contribution in [1.82, 2.24) is 0 Å². The molecule has 0 saturated heterocycles. The molecule has 0 radical (unpaired) electrons. The average Bonchev–Trinajstić information content (AvgIpc) is 3.28. The zero-order chi connectivity index (χ0) is 19.1. The van der Waals surface area contributed by atoms with Crippen LogP contribution in [-0.4, -0.2) is 6.16 Å². The zero-order valence-corrected chi connectivity index (χ0v) is 20.9. The Morgan fingerprint density at radius 3 is 1.47 bits per heavy atom. The van der Waals surface area contributed by atoms with Crippen LogP contribution in [0.3, 0.4) is 0 Å². The van der Waals surface area contributed by atoms with Gasteiger partial charge in [0.25, 0.3) is 0 Å². The van der Waals surface area contributed by atoms with Crippen molar-refractivity contribution in [3.63, 3.8) is 0 Å². The molecule has 0 N–H and O–H groups in total. The zero-order valence-electron chi connectivity index (χ0n) is 18.4. The Balaban J connectivity index is 0.00000150. The third-order valence-electron chi connectivity index (χ3n) is 5.97. The normalized spacial score (nSPS) is 10.7. The number of fused-ring (bicyclic) bond motifs is 2. The summed E-state index contributed by atoms with van der Waals surface area (Å²) in [5, 5.41) is 8.87. The fraction of sp³-hybridized carbons (Fsp3) is 0.308. The van der Waals surface area contributed by atoms with Crippen LogP contribution in [0.25, 0.3) is 21.5 Å². The quantitative estimate of drug-likeness (QED) is 0.237. The van der Waals surface area contributed by atoms with E-state index in [9.17, 15) is 0 Å². The maximum absolute atomic E-state index is 2.48.